The normalized spacial score (nSPS) is 18.7. The number of pyridine rings is 1. The lowest BCUT2D eigenvalue weighted by molar-refractivity contribution is 0.0943. The van der Waals surface area contributed by atoms with Gasteiger partial charge in [0.25, 0.3) is 5.91 Å². The molecule has 3 rings (SSSR count). The van der Waals surface area contributed by atoms with Gasteiger partial charge in [0.15, 0.2) is 0 Å². The van der Waals surface area contributed by atoms with Gasteiger partial charge in [-0.05, 0) is 32.0 Å². The summed E-state index contributed by atoms with van der Waals surface area (Å²) in [6.07, 6.45) is 2.30. The molecule has 0 saturated carbocycles. The minimum absolute atomic E-state index is 0.176. The van der Waals surface area contributed by atoms with Crippen LogP contribution in [0.4, 0.5) is 0 Å². The molecule has 1 aromatic carbocycles. The van der Waals surface area contributed by atoms with E-state index >= 15 is 0 Å². The predicted octanol–water partition coefficient (Wildman–Crippen LogP) is 1.74. The number of carbonyl (C=O) groups excluding carboxylic acids is 1. The van der Waals surface area contributed by atoms with Crippen molar-refractivity contribution in [2.75, 3.05) is 19.6 Å². The molecule has 1 aliphatic rings. The number of hydrogen-bond donors (Lipinski definition) is 2. The van der Waals surface area contributed by atoms with Crippen molar-refractivity contribution in [2.45, 2.75) is 25.8 Å². The second-order valence-corrected chi connectivity index (χ2v) is 5.73. The third-order valence-corrected chi connectivity index (χ3v) is 4.40. The number of amides is 1. The molecule has 0 bridgehead atoms. The molecule has 1 aromatic heterocycles. The van der Waals surface area contributed by atoms with Gasteiger partial charge in [0.05, 0.1) is 5.56 Å². The summed E-state index contributed by atoms with van der Waals surface area (Å²) in [6.45, 7) is 4.89. The SMILES string of the molecule is CCN1CCCC1CNC(=O)c1cc(=O)[nH]c2ccccc12. The summed E-state index contributed by atoms with van der Waals surface area (Å²) in [5.74, 6) is -0.176. The minimum Gasteiger partial charge on any atom is -0.350 e. The Morgan fingerprint density at radius 2 is 2.23 bits per heavy atom. The highest BCUT2D eigenvalue weighted by Crippen LogP contribution is 2.17. The van der Waals surface area contributed by atoms with Gasteiger partial charge in [-0.2, -0.15) is 0 Å². The lowest BCUT2D eigenvalue weighted by atomic mass is 10.1. The van der Waals surface area contributed by atoms with Gasteiger partial charge in [0.2, 0.25) is 5.56 Å². The molecule has 2 N–H and O–H groups in total. The largest absolute Gasteiger partial charge is 0.350 e. The lowest BCUT2D eigenvalue weighted by Crippen LogP contribution is -2.40. The number of carbonyl (C=O) groups is 1. The number of aromatic nitrogens is 1. The molecule has 1 unspecified atom stereocenters. The first-order valence-corrected chi connectivity index (χ1v) is 7.83. The summed E-state index contributed by atoms with van der Waals surface area (Å²) < 4.78 is 0. The number of benzene rings is 1. The Labute approximate surface area is 129 Å². The zero-order valence-electron chi connectivity index (χ0n) is 12.8. The topological polar surface area (TPSA) is 65.2 Å². The fourth-order valence-corrected chi connectivity index (χ4v) is 3.24. The Morgan fingerprint density at radius 1 is 1.41 bits per heavy atom. The summed E-state index contributed by atoms with van der Waals surface area (Å²) >= 11 is 0. The van der Waals surface area contributed by atoms with E-state index in [1.165, 1.54) is 12.5 Å². The molecule has 0 radical (unpaired) electrons. The van der Waals surface area contributed by atoms with Crippen LogP contribution in [-0.4, -0.2) is 41.5 Å². The Kier molecular flexibility index (Phi) is 4.24. The van der Waals surface area contributed by atoms with E-state index < -0.39 is 0 Å². The van der Waals surface area contributed by atoms with Crippen molar-refractivity contribution in [2.24, 2.45) is 0 Å². The third kappa shape index (κ3) is 2.90. The van der Waals surface area contributed by atoms with Crippen molar-refractivity contribution in [1.82, 2.24) is 15.2 Å². The van der Waals surface area contributed by atoms with Crippen LogP contribution in [0, 0.1) is 0 Å². The molecule has 116 valence electrons. The van der Waals surface area contributed by atoms with Crippen LogP contribution in [0.3, 0.4) is 0 Å². The molecule has 2 heterocycles. The van der Waals surface area contributed by atoms with Crippen molar-refractivity contribution in [3.63, 3.8) is 0 Å². The molecule has 1 saturated heterocycles. The minimum atomic E-state index is -0.250. The number of nitrogens with zero attached hydrogens (tertiary/aromatic N) is 1. The summed E-state index contributed by atoms with van der Waals surface area (Å²) in [6, 6.07) is 9.16. The number of likely N-dealkylation sites (N-methyl/N-ethyl adjacent to an activating group) is 1. The molecule has 1 atom stereocenters. The molecular weight excluding hydrogens is 278 g/mol. The third-order valence-electron chi connectivity index (χ3n) is 4.40. The molecule has 0 spiro atoms. The van der Waals surface area contributed by atoms with Crippen LogP contribution in [0.1, 0.15) is 30.1 Å². The van der Waals surface area contributed by atoms with Gasteiger partial charge < -0.3 is 10.3 Å². The second-order valence-electron chi connectivity index (χ2n) is 5.73. The molecule has 5 nitrogen and oxygen atoms in total. The number of H-pyrrole nitrogens is 1. The summed E-state index contributed by atoms with van der Waals surface area (Å²) in [5, 5.41) is 3.77. The van der Waals surface area contributed by atoms with Gasteiger partial charge in [-0.25, -0.2) is 0 Å². The van der Waals surface area contributed by atoms with Crippen LogP contribution in [0.2, 0.25) is 0 Å². The highest BCUT2D eigenvalue weighted by atomic mass is 16.2. The molecule has 2 aromatic rings. The smallest absolute Gasteiger partial charge is 0.252 e. The average Bonchev–Trinajstić information content (AvgIpc) is 2.99. The van der Waals surface area contributed by atoms with Gasteiger partial charge in [-0.1, -0.05) is 25.1 Å². The maximum Gasteiger partial charge on any atom is 0.252 e. The number of hydrogen-bond acceptors (Lipinski definition) is 3. The predicted molar refractivity (Wildman–Crippen MR) is 87.2 cm³/mol. The van der Waals surface area contributed by atoms with Crippen LogP contribution in [0.25, 0.3) is 10.9 Å². The van der Waals surface area contributed by atoms with E-state index in [4.69, 9.17) is 0 Å². The Bertz CT molecular complexity index is 738. The maximum atomic E-state index is 12.5. The first kappa shape index (κ1) is 14.8. The monoisotopic (exact) mass is 299 g/mol. The zero-order chi connectivity index (χ0) is 15.5. The van der Waals surface area contributed by atoms with E-state index in [-0.39, 0.29) is 11.5 Å². The van der Waals surface area contributed by atoms with Gasteiger partial charge >= 0.3 is 0 Å². The van der Waals surface area contributed by atoms with Crippen molar-refractivity contribution < 1.29 is 4.79 Å². The van der Waals surface area contributed by atoms with Crippen LogP contribution >= 0.6 is 0 Å². The number of rotatable bonds is 4. The first-order chi connectivity index (χ1) is 10.7. The van der Waals surface area contributed by atoms with Gasteiger partial charge in [0.1, 0.15) is 0 Å². The summed E-state index contributed by atoms with van der Waals surface area (Å²) in [7, 11) is 0. The van der Waals surface area contributed by atoms with E-state index in [0.717, 1.165) is 24.9 Å². The number of nitrogens with one attached hydrogen (secondary N) is 2. The molecule has 1 aliphatic heterocycles. The molecule has 0 aliphatic carbocycles. The Hall–Kier alpha value is -2.14. The van der Waals surface area contributed by atoms with Crippen molar-refractivity contribution in [1.29, 1.82) is 0 Å². The van der Waals surface area contributed by atoms with E-state index in [2.05, 4.69) is 22.1 Å². The van der Waals surface area contributed by atoms with E-state index in [1.54, 1.807) is 0 Å². The fraction of sp³-hybridized carbons (Fsp3) is 0.412. The molecule has 1 amide bonds. The quantitative estimate of drug-likeness (QED) is 0.904. The van der Waals surface area contributed by atoms with Crippen LogP contribution in [0.5, 0.6) is 0 Å². The summed E-state index contributed by atoms with van der Waals surface area (Å²) in [5.41, 5.74) is 0.886. The number of aromatic amines is 1. The molecular formula is C17H21N3O2. The average molecular weight is 299 g/mol. The van der Waals surface area contributed by atoms with Crippen LogP contribution in [0.15, 0.2) is 35.1 Å². The van der Waals surface area contributed by atoms with E-state index in [1.807, 2.05) is 24.3 Å². The van der Waals surface area contributed by atoms with Crippen molar-refractivity contribution in [3.8, 4) is 0 Å². The summed E-state index contributed by atoms with van der Waals surface area (Å²) in [4.78, 5) is 29.3. The van der Waals surface area contributed by atoms with Crippen molar-refractivity contribution in [3.05, 3.63) is 46.2 Å². The lowest BCUT2D eigenvalue weighted by Gasteiger charge is -2.23. The zero-order valence-corrected chi connectivity index (χ0v) is 12.8. The second kappa shape index (κ2) is 6.32. The maximum absolute atomic E-state index is 12.5. The van der Waals surface area contributed by atoms with E-state index in [0.29, 0.717) is 23.7 Å². The number of para-hydroxylation sites is 1. The molecule has 22 heavy (non-hydrogen) atoms. The number of likely N-dealkylation sites (tertiary alicyclic amines) is 1. The highest BCUT2D eigenvalue weighted by Gasteiger charge is 2.23. The van der Waals surface area contributed by atoms with E-state index in [9.17, 15) is 9.59 Å². The Balaban J connectivity index is 1.79. The van der Waals surface area contributed by atoms with Crippen molar-refractivity contribution >= 4 is 16.8 Å². The number of fused-ring (bicyclic) bond motifs is 1. The van der Waals surface area contributed by atoms with Gasteiger partial charge in [0, 0.05) is 29.6 Å². The first-order valence-electron chi connectivity index (χ1n) is 7.83. The van der Waals surface area contributed by atoms with Gasteiger partial charge in [-0.15, -0.1) is 0 Å². The van der Waals surface area contributed by atoms with Crippen LogP contribution < -0.4 is 10.9 Å². The molecule has 5 heteroatoms. The molecule has 1 fully saturated rings. The standard InChI is InChI=1S/C17H21N3O2/c1-2-20-9-5-6-12(20)11-18-17(22)14-10-16(21)19-15-8-4-3-7-13(14)15/h3-4,7-8,10,12H,2,5-6,9,11H2,1H3,(H,18,22)(H,19,21). The highest BCUT2D eigenvalue weighted by molar-refractivity contribution is 6.05. The van der Waals surface area contributed by atoms with Crippen LogP contribution in [-0.2, 0) is 0 Å². The fourth-order valence-electron chi connectivity index (χ4n) is 3.24. The van der Waals surface area contributed by atoms with Gasteiger partial charge in [-0.3, -0.25) is 14.5 Å². The Morgan fingerprint density at radius 3 is 3.05 bits per heavy atom.